The molecule has 3 rings (SSSR count). The van der Waals surface area contributed by atoms with Crippen LogP contribution in [0.15, 0.2) is 29.2 Å². The summed E-state index contributed by atoms with van der Waals surface area (Å²) in [7, 11) is 2.82. The standard InChI is InChI=1S/C21H28F2N4O8S2/c22-17-13(28)2-1-12(11-34-19(18(17)23)27-6-5-14(24)25-20(27)31)35-21(32)33-8-10-37-36-9-7-26-15(29)3-4-16(26)30/h3-6,12-13,15,17-19,28-29H,1-2,7-11H2,(H2,24,25,31)/t12?,13-,15?,17-,18?,19+/m0/s1. The Bertz CT molecular complexity index is 1020. The van der Waals surface area contributed by atoms with Gasteiger partial charge in [0.15, 0.2) is 18.6 Å². The first kappa shape index (κ1) is 29.2. The number of rotatable bonds is 9. The number of amides is 1. The molecule has 6 atom stereocenters. The van der Waals surface area contributed by atoms with E-state index < -0.39 is 55.5 Å². The van der Waals surface area contributed by atoms with E-state index in [0.29, 0.717) is 22.6 Å². The molecule has 0 aromatic carbocycles. The van der Waals surface area contributed by atoms with Crippen molar-refractivity contribution < 1.29 is 42.8 Å². The van der Waals surface area contributed by atoms with Crippen LogP contribution in [0.1, 0.15) is 19.1 Å². The molecule has 206 valence electrons. The lowest BCUT2D eigenvalue weighted by Crippen LogP contribution is -2.41. The molecule has 2 aliphatic rings. The number of aliphatic hydroxyl groups is 2. The zero-order valence-electron chi connectivity index (χ0n) is 19.6. The van der Waals surface area contributed by atoms with Gasteiger partial charge in [0.1, 0.15) is 24.8 Å². The summed E-state index contributed by atoms with van der Waals surface area (Å²) in [6, 6.07) is 1.21. The van der Waals surface area contributed by atoms with Gasteiger partial charge >= 0.3 is 11.8 Å². The summed E-state index contributed by atoms with van der Waals surface area (Å²) >= 11 is 0. The molecule has 3 heterocycles. The van der Waals surface area contributed by atoms with Crippen molar-refractivity contribution in [3.05, 3.63) is 34.9 Å². The fourth-order valence-electron chi connectivity index (χ4n) is 3.54. The molecule has 3 unspecified atom stereocenters. The molecule has 0 spiro atoms. The van der Waals surface area contributed by atoms with Gasteiger partial charge in [0, 0.05) is 30.3 Å². The molecule has 1 aromatic rings. The van der Waals surface area contributed by atoms with Crippen LogP contribution in [-0.2, 0) is 19.0 Å². The number of alkyl halides is 2. The molecule has 0 bridgehead atoms. The lowest BCUT2D eigenvalue weighted by molar-refractivity contribution is -0.130. The second-order valence-electron chi connectivity index (χ2n) is 8.09. The molecule has 12 nitrogen and oxygen atoms in total. The van der Waals surface area contributed by atoms with E-state index in [2.05, 4.69) is 4.98 Å². The Kier molecular flexibility index (Phi) is 11.0. The summed E-state index contributed by atoms with van der Waals surface area (Å²) in [6.07, 6.45) is -7.64. The van der Waals surface area contributed by atoms with Crippen molar-refractivity contribution in [1.82, 2.24) is 14.5 Å². The number of anilines is 1. The highest BCUT2D eigenvalue weighted by Gasteiger charge is 2.39. The van der Waals surface area contributed by atoms with Gasteiger partial charge in [-0.2, -0.15) is 4.98 Å². The zero-order chi connectivity index (χ0) is 26.9. The first-order valence-electron chi connectivity index (χ1n) is 11.3. The molecule has 16 heteroatoms. The normalized spacial score (nSPS) is 28.4. The Morgan fingerprint density at radius 3 is 2.68 bits per heavy atom. The Morgan fingerprint density at radius 2 is 1.97 bits per heavy atom. The number of nitrogens with two attached hydrogens (primary N) is 1. The van der Waals surface area contributed by atoms with E-state index in [1.807, 2.05) is 0 Å². The minimum atomic E-state index is -2.40. The highest BCUT2D eigenvalue weighted by molar-refractivity contribution is 8.76. The molecule has 4 N–H and O–H groups in total. The van der Waals surface area contributed by atoms with Crippen LogP contribution in [0.5, 0.6) is 0 Å². The van der Waals surface area contributed by atoms with Gasteiger partial charge in [-0.1, -0.05) is 21.6 Å². The number of ether oxygens (including phenoxy) is 3. The van der Waals surface area contributed by atoms with E-state index in [1.165, 1.54) is 44.7 Å². The average molecular weight is 567 g/mol. The number of carbonyl (C=O) groups is 2. The molecule has 0 aliphatic carbocycles. The minimum absolute atomic E-state index is 0.00770. The van der Waals surface area contributed by atoms with E-state index in [1.54, 1.807) is 0 Å². The van der Waals surface area contributed by atoms with Gasteiger partial charge in [-0.05, 0) is 25.0 Å². The molecule has 2 aliphatic heterocycles. The smallest absolute Gasteiger partial charge is 0.433 e. The molecule has 37 heavy (non-hydrogen) atoms. The molecule has 1 aromatic heterocycles. The van der Waals surface area contributed by atoms with Gasteiger partial charge < -0.3 is 35.1 Å². The fourth-order valence-corrected chi connectivity index (χ4v) is 5.33. The first-order valence-corrected chi connectivity index (χ1v) is 13.8. The van der Waals surface area contributed by atoms with E-state index in [-0.39, 0.29) is 31.2 Å². The van der Waals surface area contributed by atoms with E-state index >= 15 is 0 Å². The third-order valence-corrected chi connectivity index (χ3v) is 7.82. The molecule has 1 amide bonds. The Balaban J connectivity index is 1.44. The van der Waals surface area contributed by atoms with Crippen LogP contribution in [0.2, 0.25) is 0 Å². The predicted molar refractivity (Wildman–Crippen MR) is 131 cm³/mol. The molecule has 1 fully saturated rings. The van der Waals surface area contributed by atoms with E-state index in [4.69, 9.17) is 19.9 Å². The van der Waals surface area contributed by atoms with Gasteiger partial charge in [-0.25, -0.2) is 18.4 Å². The van der Waals surface area contributed by atoms with Crippen LogP contribution >= 0.6 is 21.6 Å². The first-order chi connectivity index (χ1) is 17.7. The number of hydrogen-bond acceptors (Lipinski definition) is 12. The SMILES string of the molecule is Nc1ccn([C@@H]2OCC(OC(=O)OCCSSCCN3C(=O)C=CC3O)CC[C@H](O)[C@H](F)C2F)c(=O)n1. The lowest BCUT2D eigenvalue weighted by Gasteiger charge is -2.26. The van der Waals surface area contributed by atoms with Crippen LogP contribution in [0.4, 0.5) is 19.4 Å². The van der Waals surface area contributed by atoms with Gasteiger partial charge in [-0.3, -0.25) is 9.36 Å². The van der Waals surface area contributed by atoms with Crippen molar-refractivity contribution in [1.29, 1.82) is 0 Å². The quantitative estimate of drug-likeness (QED) is 0.219. The summed E-state index contributed by atoms with van der Waals surface area (Å²) in [5, 5.41) is 19.7. The predicted octanol–water partition coefficient (Wildman–Crippen LogP) is 0.792. The van der Waals surface area contributed by atoms with Crippen molar-refractivity contribution in [3.63, 3.8) is 0 Å². The fraction of sp³-hybridized carbons (Fsp3) is 0.619. The summed E-state index contributed by atoms with van der Waals surface area (Å²) in [5.41, 5.74) is 4.46. The van der Waals surface area contributed by atoms with Gasteiger partial charge in [0.2, 0.25) is 5.91 Å². The summed E-state index contributed by atoms with van der Waals surface area (Å²) in [5.74, 6) is 0.602. The maximum absolute atomic E-state index is 14.8. The van der Waals surface area contributed by atoms with Gasteiger partial charge in [0.05, 0.1) is 12.7 Å². The average Bonchev–Trinajstić information content (AvgIpc) is 3.19. The van der Waals surface area contributed by atoms with Crippen molar-refractivity contribution in [3.8, 4) is 0 Å². The Morgan fingerprint density at radius 1 is 1.22 bits per heavy atom. The third kappa shape index (κ3) is 8.29. The summed E-state index contributed by atoms with van der Waals surface area (Å²) < 4.78 is 45.7. The van der Waals surface area contributed by atoms with E-state index in [0.717, 1.165) is 6.20 Å². The monoisotopic (exact) mass is 566 g/mol. The third-order valence-electron chi connectivity index (χ3n) is 5.47. The van der Waals surface area contributed by atoms with Crippen LogP contribution in [-0.4, -0.2) is 98.8 Å². The number of aliphatic hydroxyl groups excluding tert-OH is 2. The molecular weight excluding hydrogens is 538 g/mol. The minimum Gasteiger partial charge on any atom is -0.433 e. The maximum atomic E-state index is 14.8. The number of hydrogen-bond donors (Lipinski definition) is 3. The van der Waals surface area contributed by atoms with Crippen LogP contribution in [0, 0.1) is 0 Å². The van der Waals surface area contributed by atoms with Crippen LogP contribution in [0.25, 0.3) is 0 Å². The van der Waals surface area contributed by atoms with Crippen molar-refractivity contribution in [2.24, 2.45) is 0 Å². The van der Waals surface area contributed by atoms with Crippen molar-refractivity contribution in [2.45, 2.75) is 49.8 Å². The highest BCUT2D eigenvalue weighted by atomic mass is 33.1. The second kappa shape index (κ2) is 13.9. The number of aromatic nitrogens is 2. The summed E-state index contributed by atoms with van der Waals surface area (Å²) in [6.45, 7) is -0.0230. The molecule has 0 saturated carbocycles. The summed E-state index contributed by atoms with van der Waals surface area (Å²) in [4.78, 5) is 40.5. The highest BCUT2D eigenvalue weighted by Crippen LogP contribution is 2.28. The zero-order valence-corrected chi connectivity index (χ0v) is 21.2. The number of nitrogen functional groups attached to an aromatic ring is 1. The lowest BCUT2D eigenvalue weighted by atomic mass is 10.0. The Labute approximate surface area is 218 Å². The largest absolute Gasteiger partial charge is 0.508 e. The molecule has 1 saturated heterocycles. The Hall–Kier alpha value is -2.40. The number of nitrogens with zero attached hydrogens (tertiary/aromatic N) is 3. The number of halogens is 2. The topological polar surface area (TPSA) is 166 Å². The number of carbonyl (C=O) groups excluding carboxylic acids is 2. The molecular formula is C21H28F2N4O8S2. The van der Waals surface area contributed by atoms with E-state index in [9.17, 15) is 33.4 Å². The van der Waals surface area contributed by atoms with Crippen molar-refractivity contribution in [2.75, 3.05) is 37.0 Å². The van der Waals surface area contributed by atoms with Crippen LogP contribution in [0.3, 0.4) is 0 Å². The van der Waals surface area contributed by atoms with Gasteiger partial charge in [-0.15, -0.1) is 0 Å². The molecule has 0 radical (unpaired) electrons. The van der Waals surface area contributed by atoms with Crippen molar-refractivity contribution >= 4 is 39.5 Å². The van der Waals surface area contributed by atoms with Crippen LogP contribution < -0.4 is 11.4 Å². The van der Waals surface area contributed by atoms with Gasteiger partial charge in [0.25, 0.3) is 0 Å². The second-order valence-corrected chi connectivity index (χ2v) is 10.8. The maximum Gasteiger partial charge on any atom is 0.508 e.